The first kappa shape index (κ1) is 18.7. The van der Waals surface area contributed by atoms with Crippen molar-refractivity contribution in [2.75, 3.05) is 0 Å². The van der Waals surface area contributed by atoms with Crippen molar-refractivity contribution >= 4 is 45.5 Å². The van der Waals surface area contributed by atoms with Crippen LogP contribution in [-0.2, 0) is 9.31 Å². The predicted molar refractivity (Wildman–Crippen MR) is 125 cm³/mol. The van der Waals surface area contributed by atoms with E-state index in [0.717, 1.165) is 49.7 Å². The van der Waals surface area contributed by atoms with Crippen LogP contribution in [0.2, 0.25) is 0 Å². The van der Waals surface area contributed by atoms with E-state index in [0.29, 0.717) is 0 Å². The molecule has 5 heteroatoms. The van der Waals surface area contributed by atoms with Gasteiger partial charge in [0.25, 0.3) is 0 Å². The van der Waals surface area contributed by atoms with Crippen LogP contribution in [0.25, 0.3) is 44.2 Å². The molecule has 5 aromatic rings. The Hall–Kier alpha value is -3.02. The highest BCUT2D eigenvalue weighted by molar-refractivity contribution is 6.66. The molecule has 0 amide bonds. The highest BCUT2D eigenvalue weighted by Gasteiger charge is 2.52. The zero-order valence-corrected chi connectivity index (χ0v) is 18.1. The Kier molecular flexibility index (Phi) is 3.78. The minimum Gasteiger partial charge on any atom is -0.452 e. The second-order valence-corrected chi connectivity index (χ2v) is 9.25. The smallest absolute Gasteiger partial charge is 0.452 e. The average molecular weight is 410 g/mol. The molecule has 0 saturated carbocycles. The second kappa shape index (κ2) is 6.25. The largest absolute Gasteiger partial charge is 0.495 e. The molecular formula is C26H23BO4. The van der Waals surface area contributed by atoms with E-state index in [4.69, 9.17) is 18.1 Å². The molecule has 0 spiro atoms. The zero-order valence-electron chi connectivity index (χ0n) is 18.1. The molecule has 0 bridgehead atoms. The molecule has 1 aliphatic rings. The highest BCUT2D eigenvalue weighted by atomic mass is 16.7. The summed E-state index contributed by atoms with van der Waals surface area (Å²) in [6.07, 6.45) is 0. The third-order valence-corrected chi connectivity index (χ3v) is 6.75. The van der Waals surface area contributed by atoms with Crippen LogP contribution in [0, 0.1) is 0 Å². The minimum absolute atomic E-state index is 0.405. The van der Waals surface area contributed by atoms with Crippen LogP contribution in [0.3, 0.4) is 0 Å². The molecule has 154 valence electrons. The molecule has 0 aliphatic carbocycles. The average Bonchev–Trinajstić information content (AvgIpc) is 3.40. The first-order chi connectivity index (χ1) is 14.8. The number of hydrogen-bond donors (Lipinski definition) is 0. The van der Waals surface area contributed by atoms with Gasteiger partial charge in [-0.1, -0.05) is 48.5 Å². The van der Waals surface area contributed by atoms with Crippen LogP contribution >= 0.6 is 0 Å². The second-order valence-electron chi connectivity index (χ2n) is 9.25. The Morgan fingerprint density at radius 2 is 1.45 bits per heavy atom. The van der Waals surface area contributed by atoms with Crippen molar-refractivity contribution in [2.24, 2.45) is 0 Å². The van der Waals surface area contributed by atoms with Crippen molar-refractivity contribution < 1.29 is 18.1 Å². The SMILES string of the molecule is CC1(C)OB(c2cccc3oc4c(ccc5cc(-c6ccccc6)oc54)c23)OC1(C)C. The third kappa shape index (κ3) is 2.70. The fraction of sp³-hybridized carbons (Fsp3) is 0.231. The highest BCUT2D eigenvalue weighted by Crippen LogP contribution is 2.40. The molecule has 0 radical (unpaired) electrons. The van der Waals surface area contributed by atoms with Crippen LogP contribution in [0.5, 0.6) is 0 Å². The lowest BCUT2D eigenvalue weighted by Crippen LogP contribution is -2.41. The number of rotatable bonds is 2. The fourth-order valence-electron chi connectivity index (χ4n) is 4.32. The lowest BCUT2D eigenvalue weighted by atomic mass is 9.76. The van der Waals surface area contributed by atoms with Gasteiger partial charge >= 0.3 is 7.12 Å². The molecule has 1 fully saturated rings. The van der Waals surface area contributed by atoms with Gasteiger partial charge in [-0.3, -0.25) is 0 Å². The van der Waals surface area contributed by atoms with Gasteiger partial charge in [0.15, 0.2) is 11.2 Å². The summed E-state index contributed by atoms with van der Waals surface area (Å²) in [4.78, 5) is 0. The van der Waals surface area contributed by atoms with Gasteiger partial charge < -0.3 is 18.1 Å². The third-order valence-electron chi connectivity index (χ3n) is 6.75. The predicted octanol–water partition coefficient (Wildman–Crippen LogP) is 6.30. The molecule has 0 N–H and O–H groups in total. The number of benzene rings is 3. The lowest BCUT2D eigenvalue weighted by molar-refractivity contribution is 0.00578. The van der Waals surface area contributed by atoms with Crippen LogP contribution in [0.15, 0.2) is 75.6 Å². The van der Waals surface area contributed by atoms with Gasteiger partial charge in [-0.2, -0.15) is 0 Å². The molecule has 4 nitrogen and oxygen atoms in total. The summed E-state index contributed by atoms with van der Waals surface area (Å²) < 4.78 is 25.3. The Labute approximate surface area is 180 Å². The summed E-state index contributed by atoms with van der Waals surface area (Å²) in [7, 11) is -0.457. The van der Waals surface area contributed by atoms with E-state index in [1.165, 1.54) is 0 Å². The molecule has 3 aromatic carbocycles. The lowest BCUT2D eigenvalue weighted by Gasteiger charge is -2.32. The van der Waals surface area contributed by atoms with E-state index in [1.54, 1.807) is 0 Å². The maximum absolute atomic E-state index is 6.34. The number of hydrogen-bond acceptors (Lipinski definition) is 4. The summed E-state index contributed by atoms with van der Waals surface area (Å²) in [5, 5.41) is 3.03. The molecular weight excluding hydrogens is 387 g/mol. The van der Waals surface area contributed by atoms with E-state index in [1.807, 2.05) is 42.5 Å². The van der Waals surface area contributed by atoms with E-state index in [-0.39, 0.29) is 0 Å². The summed E-state index contributed by atoms with van der Waals surface area (Å²) in [5.74, 6) is 0.828. The van der Waals surface area contributed by atoms with E-state index < -0.39 is 18.3 Å². The minimum atomic E-state index is -0.457. The molecule has 3 heterocycles. The Balaban J connectivity index is 1.56. The van der Waals surface area contributed by atoms with Crippen LogP contribution in [-0.4, -0.2) is 18.3 Å². The summed E-state index contributed by atoms with van der Waals surface area (Å²) in [6.45, 7) is 8.27. The van der Waals surface area contributed by atoms with E-state index in [2.05, 4.69) is 52.0 Å². The van der Waals surface area contributed by atoms with E-state index in [9.17, 15) is 0 Å². The summed E-state index contributed by atoms with van der Waals surface area (Å²) in [6, 6.07) is 22.4. The maximum atomic E-state index is 6.34. The topological polar surface area (TPSA) is 44.7 Å². The van der Waals surface area contributed by atoms with Crippen molar-refractivity contribution in [3.05, 3.63) is 66.7 Å². The Morgan fingerprint density at radius 1 is 0.710 bits per heavy atom. The normalized spacial score (nSPS) is 17.9. The van der Waals surface area contributed by atoms with Gasteiger partial charge in [-0.15, -0.1) is 0 Å². The van der Waals surface area contributed by atoms with E-state index >= 15 is 0 Å². The summed E-state index contributed by atoms with van der Waals surface area (Å²) in [5.41, 5.74) is 3.51. The van der Waals surface area contributed by atoms with Gasteiger partial charge in [-0.25, -0.2) is 0 Å². The fourth-order valence-corrected chi connectivity index (χ4v) is 4.32. The molecule has 1 aliphatic heterocycles. The molecule has 31 heavy (non-hydrogen) atoms. The Morgan fingerprint density at radius 3 is 2.19 bits per heavy atom. The molecule has 0 unspecified atom stereocenters. The zero-order chi connectivity index (χ0) is 21.4. The quantitative estimate of drug-likeness (QED) is 0.321. The van der Waals surface area contributed by atoms with Gasteiger partial charge in [0.2, 0.25) is 0 Å². The molecule has 1 saturated heterocycles. The van der Waals surface area contributed by atoms with Crippen LogP contribution in [0.1, 0.15) is 27.7 Å². The maximum Gasteiger partial charge on any atom is 0.495 e. The van der Waals surface area contributed by atoms with Crippen molar-refractivity contribution in [3.8, 4) is 11.3 Å². The molecule has 2 aromatic heterocycles. The van der Waals surface area contributed by atoms with Gasteiger partial charge in [-0.05, 0) is 51.4 Å². The van der Waals surface area contributed by atoms with Crippen LogP contribution < -0.4 is 5.46 Å². The van der Waals surface area contributed by atoms with Gasteiger partial charge in [0.1, 0.15) is 11.3 Å². The number of furan rings is 2. The summed E-state index contributed by atoms with van der Waals surface area (Å²) >= 11 is 0. The van der Waals surface area contributed by atoms with Gasteiger partial charge in [0, 0.05) is 21.7 Å². The number of fused-ring (bicyclic) bond motifs is 5. The van der Waals surface area contributed by atoms with Crippen molar-refractivity contribution in [1.29, 1.82) is 0 Å². The monoisotopic (exact) mass is 410 g/mol. The van der Waals surface area contributed by atoms with Gasteiger partial charge in [0.05, 0.1) is 11.2 Å². The standard InChI is InChI=1S/C26H23BO4/c1-25(2)26(3,4)31-27(30-25)19-11-8-12-20-22(19)18-14-13-17-15-21(16-9-6-5-7-10-16)29-23(17)24(18)28-20/h5-15H,1-4H3. The first-order valence-electron chi connectivity index (χ1n) is 10.6. The van der Waals surface area contributed by atoms with Crippen LogP contribution in [0.4, 0.5) is 0 Å². The first-order valence-corrected chi connectivity index (χ1v) is 10.6. The van der Waals surface area contributed by atoms with Crippen molar-refractivity contribution in [3.63, 3.8) is 0 Å². The van der Waals surface area contributed by atoms with Crippen molar-refractivity contribution in [2.45, 2.75) is 38.9 Å². The molecule has 6 rings (SSSR count). The Bertz CT molecular complexity index is 1430. The molecule has 0 atom stereocenters. The van der Waals surface area contributed by atoms with Crippen molar-refractivity contribution in [1.82, 2.24) is 0 Å².